The van der Waals surface area contributed by atoms with E-state index in [1.807, 2.05) is 18.2 Å². The Hall–Kier alpha value is -2.94. The Morgan fingerprint density at radius 1 is 1.20 bits per heavy atom. The number of nitrogens with one attached hydrogen (secondary N) is 1. The van der Waals surface area contributed by atoms with Gasteiger partial charge in [-0.15, -0.1) is 0 Å². The van der Waals surface area contributed by atoms with Gasteiger partial charge in [-0.25, -0.2) is 13.4 Å². The fraction of sp³-hybridized carbons (Fsp3) is 0.381. The molecular formula is C21H23N3O5S. The van der Waals surface area contributed by atoms with Crippen molar-refractivity contribution in [2.45, 2.75) is 37.8 Å². The number of nitrogens with zero attached hydrogens (tertiary/aromatic N) is 2. The third-order valence-corrected chi connectivity index (χ3v) is 5.34. The van der Waals surface area contributed by atoms with Gasteiger partial charge in [0.25, 0.3) is 5.91 Å². The number of hydrogen-bond acceptors (Lipinski definition) is 7. The van der Waals surface area contributed by atoms with Crippen LogP contribution in [0.15, 0.2) is 48.0 Å². The number of rotatable bonds is 9. The van der Waals surface area contributed by atoms with Gasteiger partial charge in [0.05, 0.1) is 12.2 Å². The highest BCUT2D eigenvalue weighted by atomic mass is 32.2. The number of carbonyl (C=O) groups is 1. The van der Waals surface area contributed by atoms with Crippen LogP contribution in [0.3, 0.4) is 0 Å². The molecule has 0 aliphatic heterocycles. The van der Waals surface area contributed by atoms with Gasteiger partial charge in [0.2, 0.25) is 5.88 Å². The Morgan fingerprint density at radius 2 is 1.93 bits per heavy atom. The lowest BCUT2D eigenvalue weighted by molar-refractivity contribution is 0.0937. The number of hydrogen-bond donors (Lipinski definition) is 1. The lowest BCUT2D eigenvalue weighted by Crippen LogP contribution is -2.35. The molecule has 1 N–H and O–H groups in total. The Morgan fingerprint density at radius 3 is 2.57 bits per heavy atom. The molecule has 9 heteroatoms. The van der Waals surface area contributed by atoms with Gasteiger partial charge in [-0.2, -0.15) is 4.98 Å². The van der Waals surface area contributed by atoms with Crippen LogP contribution in [0.4, 0.5) is 0 Å². The zero-order valence-electron chi connectivity index (χ0n) is 16.5. The topological polar surface area (TPSA) is 107 Å². The summed E-state index contributed by atoms with van der Waals surface area (Å²) in [6.45, 7) is 0. The molecule has 2 saturated carbocycles. The van der Waals surface area contributed by atoms with E-state index in [0.717, 1.165) is 37.3 Å². The number of amides is 1. The molecule has 0 spiro atoms. The Kier molecular flexibility index (Phi) is 5.72. The molecule has 2 aliphatic carbocycles. The molecule has 1 heterocycles. The number of carbonyl (C=O) groups excluding carboxylic acids is 1. The molecule has 1 aromatic heterocycles. The molecule has 1 atom stereocenters. The zero-order chi connectivity index (χ0) is 21.1. The van der Waals surface area contributed by atoms with Gasteiger partial charge in [-0.05, 0) is 43.7 Å². The Balaban J connectivity index is 1.57. The van der Waals surface area contributed by atoms with E-state index in [2.05, 4.69) is 15.3 Å². The summed E-state index contributed by atoms with van der Waals surface area (Å²) >= 11 is 0. The standard InChI is InChI=1S/C21H23N3O5S/c1-30(26,27)12-11-18(14-7-8-14)23-19(25)17-13-22-21(29-16-9-10-16)24-20(17)28-15-5-3-2-4-6-15/h2-6,11-14,16,18H,7-10H2,1H3,(H,23,25)/b12-11+. The third-order valence-electron chi connectivity index (χ3n) is 4.69. The zero-order valence-corrected chi connectivity index (χ0v) is 17.3. The predicted octanol–water partition coefficient (Wildman–Crippen LogP) is 2.88. The maximum atomic E-state index is 13.0. The number of ether oxygens (including phenoxy) is 2. The average Bonchev–Trinajstić information content (AvgIpc) is 3.60. The fourth-order valence-corrected chi connectivity index (χ4v) is 3.27. The second kappa shape index (κ2) is 8.43. The summed E-state index contributed by atoms with van der Waals surface area (Å²) in [5.74, 6) is 0.391. The summed E-state index contributed by atoms with van der Waals surface area (Å²) in [5, 5.41) is 4.00. The highest BCUT2D eigenvalue weighted by Crippen LogP contribution is 2.34. The molecule has 30 heavy (non-hydrogen) atoms. The fourth-order valence-electron chi connectivity index (χ4n) is 2.81. The van der Waals surface area contributed by atoms with Crippen LogP contribution >= 0.6 is 0 Å². The molecule has 0 saturated heterocycles. The van der Waals surface area contributed by atoms with Crippen LogP contribution in [0.25, 0.3) is 0 Å². The predicted molar refractivity (Wildman–Crippen MR) is 110 cm³/mol. The van der Waals surface area contributed by atoms with E-state index >= 15 is 0 Å². The Bertz CT molecular complexity index is 1050. The van der Waals surface area contributed by atoms with E-state index in [1.165, 1.54) is 12.3 Å². The molecule has 1 aromatic carbocycles. The van der Waals surface area contributed by atoms with Crippen LogP contribution in [-0.2, 0) is 9.84 Å². The van der Waals surface area contributed by atoms with Crippen molar-refractivity contribution >= 4 is 15.7 Å². The highest BCUT2D eigenvalue weighted by molar-refractivity contribution is 7.93. The van der Waals surface area contributed by atoms with Gasteiger partial charge in [0.15, 0.2) is 9.84 Å². The quantitative estimate of drug-likeness (QED) is 0.653. The first kappa shape index (κ1) is 20.3. The van der Waals surface area contributed by atoms with Crippen molar-refractivity contribution in [2.75, 3.05) is 6.26 Å². The number of aromatic nitrogens is 2. The van der Waals surface area contributed by atoms with E-state index in [4.69, 9.17) is 9.47 Å². The summed E-state index contributed by atoms with van der Waals surface area (Å²) in [6, 6.07) is 8.78. The third kappa shape index (κ3) is 5.79. The molecule has 2 aromatic rings. The van der Waals surface area contributed by atoms with Crippen LogP contribution < -0.4 is 14.8 Å². The number of sulfone groups is 1. The first-order valence-electron chi connectivity index (χ1n) is 9.83. The van der Waals surface area contributed by atoms with Crippen molar-refractivity contribution < 1.29 is 22.7 Å². The number of para-hydroxylation sites is 1. The molecule has 0 bridgehead atoms. The van der Waals surface area contributed by atoms with Crippen molar-refractivity contribution in [1.82, 2.24) is 15.3 Å². The van der Waals surface area contributed by atoms with Crippen molar-refractivity contribution in [3.8, 4) is 17.6 Å². The van der Waals surface area contributed by atoms with E-state index in [9.17, 15) is 13.2 Å². The highest BCUT2D eigenvalue weighted by Gasteiger charge is 2.32. The van der Waals surface area contributed by atoms with Crippen molar-refractivity contribution in [1.29, 1.82) is 0 Å². The van der Waals surface area contributed by atoms with Crippen LogP contribution in [0.1, 0.15) is 36.0 Å². The monoisotopic (exact) mass is 429 g/mol. The smallest absolute Gasteiger partial charge is 0.320 e. The number of benzene rings is 1. The molecule has 1 unspecified atom stereocenters. The molecule has 158 valence electrons. The lowest BCUT2D eigenvalue weighted by atomic mass is 10.1. The summed E-state index contributed by atoms with van der Waals surface area (Å²) in [5.41, 5.74) is 0.153. The first-order valence-corrected chi connectivity index (χ1v) is 11.8. The summed E-state index contributed by atoms with van der Waals surface area (Å²) in [7, 11) is -3.28. The van der Waals surface area contributed by atoms with E-state index in [-0.39, 0.29) is 35.5 Å². The molecule has 2 fully saturated rings. The molecule has 1 amide bonds. The Labute approximate surface area is 175 Å². The van der Waals surface area contributed by atoms with E-state index < -0.39 is 15.7 Å². The minimum absolute atomic E-state index is 0.0889. The van der Waals surface area contributed by atoms with Crippen LogP contribution in [0, 0.1) is 5.92 Å². The molecule has 4 rings (SSSR count). The minimum Gasteiger partial charge on any atom is -0.460 e. The molecule has 0 radical (unpaired) electrons. The molecule has 2 aliphatic rings. The van der Waals surface area contributed by atoms with Crippen LogP contribution in [0.2, 0.25) is 0 Å². The van der Waals surface area contributed by atoms with Crippen LogP contribution in [0.5, 0.6) is 17.6 Å². The van der Waals surface area contributed by atoms with Gasteiger partial charge in [0, 0.05) is 11.7 Å². The second-order valence-corrected chi connectivity index (χ2v) is 9.53. The lowest BCUT2D eigenvalue weighted by Gasteiger charge is -2.16. The summed E-state index contributed by atoms with van der Waals surface area (Å²) < 4.78 is 34.4. The maximum Gasteiger partial charge on any atom is 0.320 e. The SMILES string of the molecule is CS(=O)(=O)/C=C/C(NC(=O)c1cnc(OC2CC2)nc1Oc1ccccc1)C1CC1. The van der Waals surface area contributed by atoms with E-state index in [1.54, 1.807) is 12.1 Å². The van der Waals surface area contributed by atoms with Gasteiger partial charge < -0.3 is 14.8 Å². The van der Waals surface area contributed by atoms with Gasteiger partial charge >= 0.3 is 6.01 Å². The van der Waals surface area contributed by atoms with Crippen molar-refractivity contribution in [2.24, 2.45) is 5.92 Å². The van der Waals surface area contributed by atoms with Gasteiger partial charge in [-0.1, -0.05) is 24.3 Å². The molecular weight excluding hydrogens is 406 g/mol. The normalized spacial score (nSPS) is 17.5. The van der Waals surface area contributed by atoms with Crippen molar-refractivity contribution in [3.05, 3.63) is 53.6 Å². The average molecular weight is 429 g/mol. The first-order chi connectivity index (χ1) is 14.4. The summed E-state index contributed by atoms with van der Waals surface area (Å²) in [6.07, 6.45) is 7.89. The molecule has 8 nitrogen and oxygen atoms in total. The largest absolute Gasteiger partial charge is 0.460 e. The minimum atomic E-state index is -3.28. The maximum absolute atomic E-state index is 13.0. The second-order valence-electron chi connectivity index (χ2n) is 7.60. The van der Waals surface area contributed by atoms with Crippen LogP contribution in [-0.4, -0.2) is 42.7 Å². The summed E-state index contributed by atoms with van der Waals surface area (Å²) in [4.78, 5) is 21.4. The van der Waals surface area contributed by atoms with Gasteiger partial charge in [-0.3, -0.25) is 4.79 Å². The van der Waals surface area contributed by atoms with E-state index in [0.29, 0.717) is 5.75 Å². The van der Waals surface area contributed by atoms with Gasteiger partial charge in [0.1, 0.15) is 17.4 Å². The van der Waals surface area contributed by atoms with Crippen molar-refractivity contribution in [3.63, 3.8) is 0 Å².